The average Bonchev–Trinajstić information content (AvgIpc) is 2.63. The Morgan fingerprint density at radius 1 is 1.44 bits per heavy atom. The Bertz CT molecular complexity index is 286. The van der Waals surface area contributed by atoms with E-state index in [0.29, 0.717) is 0 Å². The first-order chi connectivity index (χ1) is 7.72. The number of unbranched alkanes of at least 4 members (excludes halogenated alkanes) is 1. The molecule has 1 aromatic heterocycles. The molecule has 1 N–H and O–H groups in total. The summed E-state index contributed by atoms with van der Waals surface area (Å²) in [6.45, 7) is 8.53. The predicted molar refractivity (Wildman–Crippen MR) is 71.0 cm³/mol. The molecular formula is C12H23N3S. The summed E-state index contributed by atoms with van der Waals surface area (Å²) >= 11 is 1.73. The van der Waals surface area contributed by atoms with Crippen LogP contribution in [-0.2, 0) is 6.54 Å². The summed E-state index contributed by atoms with van der Waals surface area (Å²) in [4.78, 5) is 6.78. The summed E-state index contributed by atoms with van der Waals surface area (Å²) in [7, 11) is 2.15. The largest absolute Gasteiger partial charge is 0.315 e. The Morgan fingerprint density at radius 2 is 2.25 bits per heavy atom. The number of aromatic nitrogens is 1. The average molecular weight is 241 g/mol. The summed E-state index contributed by atoms with van der Waals surface area (Å²) < 4.78 is 0. The highest BCUT2D eigenvalue weighted by Crippen LogP contribution is 2.09. The molecule has 0 spiro atoms. The Kier molecular flexibility index (Phi) is 6.61. The zero-order chi connectivity index (χ0) is 11.8. The van der Waals surface area contributed by atoms with Crippen LogP contribution in [-0.4, -0.2) is 36.6 Å². The number of nitrogens with one attached hydrogen (secondary N) is 1. The van der Waals surface area contributed by atoms with Crippen LogP contribution in [0.5, 0.6) is 0 Å². The molecule has 0 atom stereocenters. The van der Waals surface area contributed by atoms with Gasteiger partial charge in [-0.2, -0.15) is 0 Å². The van der Waals surface area contributed by atoms with Crippen molar-refractivity contribution in [3.63, 3.8) is 0 Å². The van der Waals surface area contributed by atoms with E-state index in [1.165, 1.54) is 18.5 Å². The molecule has 0 saturated heterocycles. The molecule has 1 heterocycles. The molecular weight excluding hydrogens is 218 g/mol. The first-order valence-corrected chi connectivity index (χ1v) is 6.90. The maximum atomic E-state index is 4.46. The van der Waals surface area contributed by atoms with Crippen molar-refractivity contribution in [2.24, 2.45) is 0 Å². The molecule has 0 amide bonds. The number of likely N-dealkylation sites (N-methyl/N-ethyl adjacent to an activating group) is 1. The van der Waals surface area contributed by atoms with Gasteiger partial charge < -0.3 is 5.32 Å². The molecule has 0 unspecified atom stereocenters. The molecule has 0 aliphatic rings. The lowest BCUT2D eigenvalue weighted by atomic mass is 10.3. The third-order valence-electron chi connectivity index (χ3n) is 2.48. The summed E-state index contributed by atoms with van der Waals surface area (Å²) in [6.07, 6.45) is 2.54. The molecule has 1 aromatic rings. The smallest absolute Gasteiger partial charge is 0.0897 e. The molecule has 4 heteroatoms. The fourth-order valence-electron chi connectivity index (χ4n) is 1.53. The fourth-order valence-corrected chi connectivity index (χ4v) is 2.14. The predicted octanol–water partition coefficient (Wildman–Crippen LogP) is 2.27. The van der Waals surface area contributed by atoms with E-state index >= 15 is 0 Å². The van der Waals surface area contributed by atoms with Crippen LogP contribution in [0.1, 0.15) is 30.5 Å². The lowest BCUT2D eigenvalue weighted by molar-refractivity contribution is 0.321. The Balaban J connectivity index is 2.09. The number of hydrogen-bond acceptors (Lipinski definition) is 4. The number of nitrogens with zero attached hydrogens (tertiary/aromatic N) is 2. The van der Waals surface area contributed by atoms with Crippen LogP contribution in [0, 0.1) is 6.92 Å². The SMILES string of the molecule is CCCCNCCN(C)Cc1csc(C)n1. The number of rotatable bonds is 8. The minimum absolute atomic E-state index is 0.958. The van der Waals surface area contributed by atoms with Gasteiger partial charge in [0.2, 0.25) is 0 Å². The van der Waals surface area contributed by atoms with E-state index in [0.717, 1.165) is 31.2 Å². The van der Waals surface area contributed by atoms with E-state index in [1.54, 1.807) is 11.3 Å². The van der Waals surface area contributed by atoms with E-state index in [-0.39, 0.29) is 0 Å². The molecule has 16 heavy (non-hydrogen) atoms. The molecule has 0 bridgehead atoms. The summed E-state index contributed by atoms with van der Waals surface area (Å²) in [5.41, 5.74) is 1.19. The molecule has 0 aromatic carbocycles. The van der Waals surface area contributed by atoms with Gasteiger partial charge in [0.25, 0.3) is 0 Å². The zero-order valence-electron chi connectivity index (χ0n) is 10.6. The summed E-state index contributed by atoms with van der Waals surface area (Å²) in [6, 6.07) is 0. The maximum absolute atomic E-state index is 4.46. The molecule has 92 valence electrons. The van der Waals surface area contributed by atoms with Gasteiger partial charge >= 0.3 is 0 Å². The van der Waals surface area contributed by atoms with Crippen LogP contribution < -0.4 is 5.32 Å². The Labute approximate surface area is 103 Å². The normalized spacial score (nSPS) is 11.2. The van der Waals surface area contributed by atoms with Crippen molar-refractivity contribution < 1.29 is 0 Å². The number of aryl methyl sites for hydroxylation is 1. The van der Waals surface area contributed by atoms with Crippen LogP contribution in [0.4, 0.5) is 0 Å². The van der Waals surface area contributed by atoms with Gasteiger partial charge in [-0.1, -0.05) is 13.3 Å². The summed E-state index contributed by atoms with van der Waals surface area (Å²) in [5, 5.41) is 6.75. The highest BCUT2D eigenvalue weighted by molar-refractivity contribution is 7.09. The first kappa shape index (κ1) is 13.6. The van der Waals surface area contributed by atoms with Crippen LogP contribution in [0.3, 0.4) is 0 Å². The van der Waals surface area contributed by atoms with Gasteiger partial charge in [-0.15, -0.1) is 11.3 Å². The quantitative estimate of drug-likeness (QED) is 0.708. The minimum Gasteiger partial charge on any atom is -0.315 e. The third-order valence-corrected chi connectivity index (χ3v) is 3.30. The maximum Gasteiger partial charge on any atom is 0.0897 e. The van der Waals surface area contributed by atoms with E-state index in [9.17, 15) is 0 Å². The lowest BCUT2D eigenvalue weighted by Crippen LogP contribution is -2.29. The number of hydrogen-bond donors (Lipinski definition) is 1. The number of thiazole rings is 1. The van der Waals surface area contributed by atoms with Crippen molar-refractivity contribution in [3.05, 3.63) is 16.1 Å². The van der Waals surface area contributed by atoms with E-state index in [2.05, 4.69) is 41.5 Å². The molecule has 0 saturated carbocycles. The summed E-state index contributed by atoms with van der Waals surface area (Å²) in [5.74, 6) is 0. The van der Waals surface area contributed by atoms with Gasteiger partial charge in [0, 0.05) is 25.0 Å². The van der Waals surface area contributed by atoms with Gasteiger partial charge in [0.05, 0.1) is 10.7 Å². The minimum atomic E-state index is 0.958. The molecule has 1 rings (SSSR count). The second kappa shape index (κ2) is 7.76. The van der Waals surface area contributed by atoms with Crippen molar-refractivity contribution in [2.45, 2.75) is 33.2 Å². The second-order valence-electron chi connectivity index (χ2n) is 4.20. The van der Waals surface area contributed by atoms with E-state index in [1.807, 2.05) is 0 Å². The first-order valence-electron chi connectivity index (χ1n) is 6.02. The van der Waals surface area contributed by atoms with Gasteiger partial charge in [0.15, 0.2) is 0 Å². The molecule has 0 aliphatic carbocycles. The van der Waals surface area contributed by atoms with E-state index in [4.69, 9.17) is 0 Å². The van der Waals surface area contributed by atoms with Crippen molar-refractivity contribution in [2.75, 3.05) is 26.7 Å². The Morgan fingerprint density at radius 3 is 2.88 bits per heavy atom. The van der Waals surface area contributed by atoms with Crippen LogP contribution in [0.15, 0.2) is 5.38 Å². The lowest BCUT2D eigenvalue weighted by Gasteiger charge is -2.15. The highest BCUT2D eigenvalue weighted by Gasteiger charge is 2.02. The zero-order valence-corrected chi connectivity index (χ0v) is 11.4. The topological polar surface area (TPSA) is 28.2 Å². The Hall–Kier alpha value is -0.450. The van der Waals surface area contributed by atoms with Crippen molar-refractivity contribution >= 4 is 11.3 Å². The van der Waals surface area contributed by atoms with Crippen molar-refractivity contribution in [1.29, 1.82) is 0 Å². The third kappa shape index (κ3) is 5.58. The van der Waals surface area contributed by atoms with Crippen molar-refractivity contribution in [3.8, 4) is 0 Å². The molecule has 0 radical (unpaired) electrons. The standard InChI is InChI=1S/C12H23N3S/c1-4-5-6-13-7-8-15(3)9-12-10-16-11(2)14-12/h10,13H,4-9H2,1-3H3. The van der Waals surface area contributed by atoms with Gasteiger partial charge in [-0.3, -0.25) is 4.90 Å². The molecule has 0 aliphatic heterocycles. The molecule has 3 nitrogen and oxygen atoms in total. The van der Waals surface area contributed by atoms with Gasteiger partial charge in [-0.25, -0.2) is 4.98 Å². The second-order valence-corrected chi connectivity index (χ2v) is 5.26. The van der Waals surface area contributed by atoms with Crippen molar-refractivity contribution in [1.82, 2.24) is 15.2 Å². The van der Waals surface area contributed by atoms with Crippen LogP contribution >= 0.6 is 11.3 Å². The van der Waals surface area contributed by atoms with Gasteiger partial charge in [-0.05, 0) is 26.9 Å². The van der Waals surface area contributed by atoms with E-state index < -0.39 is 0 Å². The highest BCUT2D eigenvalue weighted by atomic mass is 32.1. The fraction of sp³-hybridized carbons (Fsp3) is 0.750. The van der Waals surface area contributed by atoms with Crippen LogP contribution in [0.2, 0.25) is 0 Å². The van der Waals surface area contributed by atoms with Gasteiger partial charge in [0.1, 0.15) is 0 Å². The monoisotopic (exact) mass is 241 g/mol. The molecule has 0 fully saturated rings. The van der Waals surface area contributed by atoms with Crippen LogP contribution in [0.25, 0.3) is 0 Å².